The minimum Gasteiger partial charge on any atom is -0.494 e. The van der Waals surface area contributed by atoms with Gasteiger partial charge < -0.3 is 10.5 Å². The van der Waals surface area contributed by atoms with E-state index < -0.39 is 14.9 Å². The molecule has 0 aliphatic heterocycles. The third-order valence-corrected chi connectivity index (χ3v) is 5.34. The lowest BCUT2D eigenvalue weighted by atomic mass is 10.1. The summed E-state index contributed by atoms with van der Waals surface area (Å²) in [7, 11) is -4.03. The van der Waals surface area contributed by atoms with Gasteiger partial charge in [0.05, 0.1) is 22.6 Å². The normalized spacial score (nSPS) is 11.3. The van der Waals surface area contributed by atoms with E-state index in [2.05, 4.69) is 5.10 Å². The molecule has 0 spiro atoms. The van der Waals surface area contributed by atoms with E-state index in [1.54, 1.807) is 24.3 Å². The number of hydrogen-bond acceptors (Lipinski definition) is 7. The van der Waals surface area contributed by atoms with Crippen LogP contribution in [-0.4, -0.2) is 29.1 Å². The lowest BCUT2D eigenvalue weighted by Gasteiger charge is -2.04. The Morgan fingerprint density at radius 2 is 1.78 bits per heavy atom. The maximum Gasteiger partial charge on any atom is 0.283 e. The zero-order valence-corrected chi connectivity index (χ0v) is 15.1. The number of benzene rings is 2. The average molecular weight is 388 g/mol. The smallest absolute Gasteiger partial charge is 0.283 e. The summed E-state index contributed by atoms with van der Waals surface area (Å²) in [6.07, 6.45) is 1.31. The summed E-state index contributed by atoms with van der Waals surface area (Å²) in [6.45, 7) is 2.41. The highest BCUT2D eigenvalue weighted by atomic mass is 32.2. The lowest BCUT2D eigenvalue weighted by Crippen LogP contribution is -2.13. The number of rotatable bonds is 6. The fourth-order valence-corrected chi connectivity index (χ4v) is 3.59. The first-order chi connectivity index (χ1) is 12.8. The molecule has 140 valence electrons. The fraction of sp³-hybridized carbons (Fsp3) is 0.118. The van der Waals surface area contributed by atoms with Crippen LogP contribution in [0.1, 0.15) is 6.92 Å². The molecule has 2 aromatic carbocycles. The van der Waals surface area contributed by atoms with Crippen LogP contribution in [0.15, 0.2) is 59.6 Å². The molecule has 1 heterocycles. The zero-order chi connectivity index (χ0) is 19.6. The molecule has 0 aliphatic rings. The van der Waals surface area contributed by atoms with E-state index in [1.807, 2.05) is 6.92 Å². The van der Waals surface area contributed by atoms with E-state index in [1.165, 1.54) is 6.20 Å². The summed E-state index contributed by atoms with van der Waals surface area (Å²) in [5.41, 5.74) is 6.82. The first-order valence-electron chi connectivity index (χ1n) is 7.91. The molecule has 0 saturated heterocycles. The van der Waals surface area contributed by atoms with E-state index in [0.29, 0.717) is 23.5 Å². The van der Waals surface area contributed by atoms with Crippen LogP contribution in [0.25, 0.3) is 11.1 Å². The first kappa shape index (κ1) is 18.4. The molecule has 9 nitrogen and oxygen atoms in total. The van der Waals surface area contributed by atoms with Crippen molar-refractivity contribution in [3.05, 3.63) is 64.8 Å². The second kappa shape index (κ2) is 7.08. The van der Waals surface area contributed by atoms with Gasteiger partial charge in [-0.2, -0.15) is 12.5 Å². The van der Waals surface area contributed by atoms with Gasteiger partial charge in [-0.15, -0.1) is 5.10 Å². The number of nitrogen functional groups attached to an aromatic ring is 1. The molecular formula is C17H16N4O5S. The predicted molar refractivity (Wildman–Crippen MR) is 98.9 cm³/mol. The van der Waals surface area contributed by atoms with Gasteiger partial charge in [0, 0.05) is 17.7 Å². The SMILES string of the molecule is CCOc1ccc(-c2cn(S(=O)(=O)c3ccc([N+](=O)[O-])cc3)nc2N)cc1. The molecule has 0 amide bonds. The molecule has 0 fully saturated rings. The van der Waals surface area contributed by atoms with Crippen LogP contribution >= 0.6 is 0 Å². The molecular weight excluding hydrogens is 372 g/mol. The number of nitro groups is 1. The van der Waals surface area contributed by atoms with Crippen molar-refractivity contribution in [2.45, 2.75) is 11.8 Å². The molecule has 1 aromatic heterocycles. The van der Waals surface area contributed by atoms with Crippen molar-refractivity contribution in [3.8, 4) is 16.9 Å². The van der Waals surface area contributed by atoms with Crippen LogP contribution in [-0.2, 0) is 10.0 Å². The molecule has 0 saturated carbocycles. The van der Waals surface area contributed by atoms with Crippen LogP contribution in [0.4, 0.5) is 11.5 Å². The summed E-state index contributed by atoms with van der Waals surface area (Å²) in [5.74, 6) is 0.732. The van der Waals surface area contributed by atoms with E-state index in [4.69, 9.17) is 10.5 Å². The Kier molecular flexibility index (Phi) is 4.82. The summed E-state index contributed by atoms with van der Waals surface area (Å²) in [6, 6.07) is 11.5. The summed E-state index contributed by atoms with van der Waals surface area (Å²) < 4.78 is 31.5. The van der Waals surface area contributed by atoms with Crippen LogP contribution in [0.2, 0.25) is 0 Å². The Bertz CT molecular complexity index is 1070. The highest BCUT2D eigenvalue weighted by Crippen LogP contribution is 2.28. The molecule has 27 heavy (non-hydrogen) atoms. The Morgan fingerprint density at radius 1 is 1.15 bits per heavy atom. The number of anilines is 1. The highest BCUT2D eigenvalue weighted by Gasteiger charge is 2.21. The molecule has 0 radical (unpaired) electrons. The van der Waals surface area contributed by atoms with Gasteiger partial charge in [-0.25, -0.2) is 0 Å². The summed E-state index contributed by atoms with van der Waals surface area (Å²) >= 11 is 0. The Labute approximate surface area is 155 Å². The van der Waals surface area contributed by atoms with E-state index in [9.17, 15) is 18.5 Å². The minimum atomic E-state index is -4.03. The van der Waals surface area contributed by atoms with Crippen molar-refractivity contribution in [1.82, 2.24) is 9.19 Å². The van der Waals surface area contributed by atoms with Gasteiger partial charge in [-0.1, -0.05) is 12.1 Å². The van der Waals surface area contributed by atoms with Gasteiger partial charge in [0.15, 0.2) is 5.82 Å². The predicted octanol–water partition coefficient (Wildman–Crippen LogP) is 2.68. The summed E-state index contributed by atoms with van der Waals surface area (Å²) in [4.78, 5) is 9.98. The van der Waals surface area contributed by atoms with Crippen molar-refractivity contribution in [3.63, 3.8) is 0 Å². The zero-order valence-electron chi connectivity index (χ0n) is 14.3. The Balaban J connectivity index is 1.96. The number of hydrogen-bond donors (Lipinski definition) is 1. The average Bonchev–Trinajstić information content (AvgIpc) is 3.05. The van der Waals surface area contributed by atoms with Crippen LogP contribution < -0.4 is 10.5 Å². The number of nitrogens with two attached hydrogens (primary N) is 1. The van der Waals surface area contributed by atoms with Gasteiger partial charge >= 0.3 is 0 Å². The third-order valence-electron chi connectivity index (χ3n) is 3.79. The van der Waals surface area contributed by atoms with Gasteiger partial charge in [0.1, 0.15) is 5.75 Å². The highest BCUT2D eigenvalue weighted by molar-refractivity contribution is 7.89. The van der Waals surface area contributed by atoms with Gasteiger partial charge in [-0.3, -0.25) is 10.1 Å². The monoisotopic (exact) mass is 388 g/mol. The van der Waals surface area contributed by atoms with Crippen molar-refractivity contribution >= 4 is 21.5 Å². The molecule has 0 bridgehead atoms. The summed E-state index contributed by atoms with van der Waals surface area (Å²) in [5, 5.41) is 14.6. The fourth-order valence-electron chi connectivity index (χ4n) is 2.46. The van der Waals surface area contributed by atoms with E-state index >= 15 is 0 Å². The molecule has 0 atom stereocenters. The molecule has 2 N–H and O–H groups in total. The van der Waals surface area contributed by atoms with Crippen molar-refractivity contribution < 1.29 is 18.1 Å². The molecule has 3 aromatic rings. The van der Waals surface area contributed by atoms with Crippen molar-refractivity contribution in [1.29, 1.82) is 0 Å². The second-order valence-electron chi connectivity index (χ2n) is 5.51. The van der Waals surface area contributed by atoms with Crippen LogP contribution in [0, 0.1) is 10.1 Å². The maximum absolute atomic E-state index is 12.7. The van der Waals surface area contributed by atoms with E-state index in [0.717, 1.165) is 28.4 Å². The quantitative estimate of drug-likeness (QED) is 0.507. The second-order valence-corrected chi connectivity index (χ2v) is 7.31. The number of ether oxygens (including phenoxy) is 1. The van der Waals surface area contributed by atoms with Crippen molar-refractivity contribution in [2.75, 3.05) is 12.3 Å². The van der Waals surface area contributed by atoms with Crippen molar-refractivity contribution in [2.24, 2.45) is 0 Å². The third kappa shape index (κ3) is 3.60. The van der Waals surface area contributed by atoms with Crippen LogP contribution in [0.5, 0.6) is 5.75 Å². The molecule has 10 heteroatoms. The Hall–Kier alpha value is -3.40. The first-order valence-corrected chi connectivity index (χ1v) is 9.35. The molecule has 0 aliphatic carbocycles. The topological polar surface area (TPSA) is 130 Å². The largest absolute Gasteiger partial charge is 0.494 e. The standard InChI is InChI=1S/C17H16N4O5S/c1-2-26-14-7-3-12(4-8-14)16-11-20(19-17(16)18)27(24,25)15-9-5-13(6-10-15)21(22)23/h3-11H,2H2,1H3,(H2,18,19). The lowest BCUT2D eigenvalue weighted by molar-refractivity contribution is -0.384. The number of aromatic nitrogens is 2. The number of nitrogens with zero attached hydrogens (tertiary/aromatic N) is 3. The number of nitro benzene ring substituents is 1. The van der Waals surface area contributed by atoms with Crippen LogP contribution in [0.3, 0.4) is 0 Å². The molecule has 3 rings (SSSR count). The van der Waals surface area contributed by atoms with Gasteiger partial charge in [-0.05, 0) is 36.8 Å². The van der Waals surface area contributed by atoms with Gasteiger partial charge in [0.25, 0.3) is 15.7 Å². The molecule has 0 unspecified atom stereocenters. The van der Waals surface area contributed by atoms with E-state index in [-0.39, 0.29) is 16.4 Å². The Morgan fingerprint density at radius 3 is 2.33 bits per heavy atom. The minimum absolute atomic E-state index is 0.0460. The number of non-ortho nitro benzene ring substituents is 1. The van der Waals surface area contributed by atoms with Gasteiger partial charge in [0.2, 0.25) is 0 Å². The maximum atomic E-state index is 12.7.